The first-order valence-corrected chi connectivity index (χ1v) is 9.60. The van der Waals surface area contributed by atoms with Gasteiger partial charge in [0.1, 0.15) is 0 Å². The summed E-state index contributed by atoms with van der Waals surface area (Å²) in [6.07, 6.45) is 5.14. The fourth-order valence-electron chi connectivity index (χ4n) is 2.86. The first-order chi connectivity index (χ1) is 9.73. The molecule has 0 aliphatic carbocycles. The van der Waals surface area contributed by atoms with Gasteiger partial charge in [0.2, 0.25) is 0 Å². The molecule has 0 amide bonds. The molecule has 20 heavy (non-hydrogen) atoms. The Morgan fingerprint density at radius 2 is 1.85 bits per heavy atom. The van der Waals surface area contributed by atoms with Crippen molar-refractivity contribution in [1.29, 1.82) is 0 Å². The quantitative estimate of drug-likeness (QED) is 0.438. The Kier molecular flexibility index (Phi) is 6.03. The van der Waals surface area contributed by atoms with Crippen LogP contribution >= 0.6 is 27.7 Å². The first-order valence-electron chi connectivity index (χ1n) is 7.49. The lowest BCUT2D eigenvalue weighted by Gasteiger charge is -2.31. The summed E-state index contributed by atoms with van der Waals surface area (Å²) in [5, 5.41) is 3.71. The Morgan fingerprint density at radius 1 is 1.15 bits per heavy atom. The van der Waals surface area contributed by atoms with Gasteiger partial charge in [-0.2, -0.15) is 0 Å². The van der Waals surface area contributed by atoms with Crippen LogP contribution in [0.4, 0.5) is 0 Å². The third kappa shape index (κ3) is 3.82. The van der Waals surface area contributed by atoms with E-state index < -0.39 is 0 Å². The highest BCUT2D eigenvalue weighted by molar-refractivity contribution is 9.09. The second kappa shape index (κ2) is 7.56. The van der Waals surface area contributed by atoms with E-state index in [1.165, 1.54) is 47.4 Å². The van der Waals surface area contributed by atoms with Crippen molar-refractivity contribution in [3.63, 3.8) is 0 Å². The van der Waals surface area contributed by atoms with Crippen LogP contribution in [0, 0.1) is 5.41 Å². The first kappa shape index (κ1) is 16.0. The number of aromatic amines is 1. The van der Waals surface area contributed by atoms with Crippen molar-refractivity contribution < 1.29 is 0 Å². The molecule has 0 radical (unpaired) electrons. The van der Waals surface area contributed by atoms with Crippen LogP contribution in [0.15, 0.2) is 35.4 Å². The zero-order valence-corrected chi connectivity index (χ0v) is 14.8. The van der Waals surface area contributed by atoms with E-state index >= 15 is 0 Å². The predicted octanol–water partition coefficient (Wildman–Crippen LogP) is 6.24. The third-order valence-electron chi connectivity index (χ3n) is 3.88. The van der Waals surface area contributed by atoms with Crippen LogP contribution in [-0.2, 0) is 0 Å². The molecule has 0 fully saturated rings. The molecule has 0 saturated heterocycles. The highest BCUT2D eigenvalue weighted by Crippen LogP contribution is 2.38. The molecule has 0 saturated carbocycles. The highest BCUT2D eigenvalue weighted by atomic mass is 79.9. The van der Waals surface area contributed by atoms with Crippen LogP contribution in [-0.4, -0.2) is 16.1 Å². The molecule has 110 valence electrons. The van der Waals surface area contributed by atoms with Gasteiger partial charge in [0, 0.05) is 22.0 Å². The lowest BCUT2D eigenvalue weighted by Crippen LogP contribution is -2.25. The maximum absolute atomic E-state index is 3.76. The molecule has 1 heterocycles. The van der Waals surface area contributed by atoms with Gasteiger partial charge in [0.25, 0.3) is 0 Å². The van der Waals surface area contributed by atoms with Gasteiger partial charge in [-0.05, 0) is 30.4 Å². The normalized spacial score (nSPS) is 12.2. The number of hydrogen-bond donors (Lipinski definition) is 1. The second-order valence-electron chi connectivity index (χ2n) is 5.64. The Bertz CT molecular complexity index is 496. The van der Waals surface area contributed by atoms with Gasteiger partial charge in [-0.3, -0.25) is 0 Å². The molecule has 3 heteroatoms. The molecule has 1 aromatic heterocycles. The molecular formula is C17H24BrNS. The number of rotatable bonds is 8. The summed E-state index contributed by atoms with van der Waals surface area (Å²) < 4.78 is 0. The molecular weight excluding hydrogens is 330 g/mol. The number of nitrogens with one attached hydrogen (secondary N) is 1. The minimum Gasteiger partial charge on any atom is -0.350 e. The SMILES string of the molecule is CCCC(CBr)(CCC)CSc1cc2ccccc2[nH]1. The number of thioether (sulfide) groups is 1. The summed E-state index contributed by atoms with van der Waals surface area (Å²) in [6, 6.07) is 10.8. The van der Waals surface area contributed by atoms with E-state index in [-0.39, 0.29) is 0 Å². The van der Waals surface area contributed by atoms with Gasteiger partial charge >= 0.3 is 0 Å². The van der Waals surface area contributed by atoms with Crippen LogP contribution in [0.5, 0.6) is 0 Å². The molecule has 0 unspecified atom stereocenters. The Morgan fingerprint density at radius 3 is 2.45 bits per heavy atom. The lowest BCUT2D eigenvalue weighted by molar-refractivity contribution is 0.320. The number of halogens is 1. The summed E-state index contributed by atoms with van der Waals surface area (Å²) in [7, 11) is 0. The monoisotopic (exact) mass is 353 g/mol. The molecule has 2 aromatic rings. The van der Waals surface area contributed by atoms with E-state index in [1.54, 1.807) is 0 Å². The van der Waals surface area contributed by atoms with Crippen molar-refractivity contribution in [2.24, 2.45) is 5.41 Å². The van der Waals surface area contributed by atoms with Gasteiger partial charge in [-0.1, -0.05) is 60.8 Å². The fraction of sp³-hybridized carbons (Fsp3) is 0.529. The number of fused-ring (bicyclic) bond motifs is 1. The van der Waals surface area contributed by atoms with E-state index in [0.717, 1.165) is 5.33 Å². The summed E-state index contributed by atoms with van der Waals surface area (Å²) in [6.45, 7) is 4.58. The Balaban J connectivity index is 2.07. The fourth-order valence-corrected chi connectivity index (χ4v) is 5.12. The molecule has 1 aromatic carbocycles. The van der Waals surface area contributed by atoms with Gasteiger partial charge in [-0.15, -0.1) is 11.8 Å². The number of aromatic nitrogens is 1. The van der Waals surface area contributed by atoms with E-state index in [4.69, 9.17) is 0 Å². The molecule has 0 bridgehead atoms. The van der Waals surface area contributed by atoms with Crippen molar-refractivity contribution in [3.8, 4) is 0 Å². The molecule has 1 N–H and O–H groups in total. The van der Waals surface area contributed by atoms with E-state index in [2.05, 4.69) is 65.1 Å². The van der Waals surface area contributed by atoms with Crippen molar-refractivity contribution >= 4 is 38.6 Å². The van der Waals surface area contributed by atoms with E-state index in [9.17, 15) is 0 Å². The van der Waals surface area contributed by atoms with Gasteiger partial charge in [0.15, 0.2) is 0 Å². The van der Waals surface area contributed by atoms with Gasteiger partial charge < -0.3 is 4.98 Å². The van der Waals surface area contributed by atoms with E-state index in [0.29, 0.717) is 5.41 Å². The van der Waals surface area contributed by atoms with E-state index in [1.807, 2.05) is 11.8 Å². The van der Waals surface area contributed by atoms with Crippen molar-refractivity contribution in [2.75, 3.05) is 11.1 Å². The standard InChI is InChI=1S/C17H24BrNS/c1-3-9-17(12-18,10-4-2)13-20-16-11-14-7-5-6-8-15(14)19-16/h5-8,11,19H,3-4,9-10,12-13H2,1-2H3. The van der Waals surface area contributed by atoms with Crippen LogP contribution < -0.4 is 0 Å². The lowest BCUT2D eigenvalue weighted by atomic mass is 9.83. The van der Waals surface area contributed by atoms with Crippen molar-refractivity contribution in [2.45, 2.75) is 44.6 Å². The average molecular weight is 354 g/mol. The molecule has 1 nitrogen and oxygen atoms in total. The maximum atomic E-state index is 3.76. The zero-order chi connectivity index (χ0) is 14.4. The molecule has 2 rings (SSSR count). The zero-order valence-electron chi connectivity index (χ0n) is 12.4. The van der Waals surface area contributed by atoms with Crippen LogP contribution in [0.25, 0.3) is 10.9 Å². The topological polar surface area (TPSA) is 15.8 Å². The molecule has 0 spiro atoms. The smallest absolute Gasteiger partial charge is 0.0732 e. The second-order valence-corrected chi connectivity index (χ2v) is 7.22. The Hall–Kier alpha value is -0.410. The summed E-state index contributed by atoms with van der Waals surface area (Å²) in [5.74, 6) is 1.19. The number of hydrogen-bond acceptors (Lipinski definition) is 1. The number of alkyl halides is 1. The summed E-state index contributed by atoms with van der Waals surface area (Å²) in [4.78, 5) is 3.52. The molecule has 0 atom stereocenters. The van der Waals surface area contributed by atoms with Crippen LogP contribution in [0.3, 0.4) is 0 Å². The van der Waals surface area contributed by atoms with Crippen molar-refractivity contribution in [1.82, 2.24) is 4.98 Å². The molecule has 0 aliphatic rings. The van der Waals surface area contributed by atoms with Crippen LogP contribution in [0.1, 0.15) is 39.5 Å². The Labute approximate surface area is 135 Å². The summed E-state index contributed by atoms with van der Waals surface area (Å²) in [5.41, 5.74) is 1.68. The largest absolute Gasteiger partial charge is 0.350 e. The number of para-hydroxylation sites is 1. The third-order valence-corrected chi connectivity index (χ3v) is 6.36. The minimum atomic E-state index is 0.436. The summed E-state index contributed by atoms with van der Waals surface area (Å²) >= 11 is 5.73. The number of H-pyrrole nitrogens is 1. The van der Waals surface area contributed by atoms with Gasteiger partial charge in [-0.25, -0.2) is 0 Å². The number of benzene rings is 1. The van der Waals surface area contributed by atoms with Gasteiger partial charge in [0.05, 0.1) is 5.03 Å². The van der Waals surface area contributed by atoms with Crippen LogP contribution in [0.2, 0.25) is 0 Å². The predicted molar refractivity (Wildman–Crippen MR) is 95.1 cm³/mol. The highest BCUT2D eigenvalue weighted by Gasteiger charge is 2.27. The maximum Gasteiger partial charge on any atom is 0.0732 e. The minimum absolute atomic E-state index is 0.436. The average Bonchev–Trinajstić information content (AvgIpc) is 2.88. The van der Waals surface area contributed by atoms with Crippen molar-refractivity contribution in [3.05, 3.63) is 30.3 Å². The molecule has 0 aliphatic heterocycles.